The molecule has 1 aliphatic rings. The van der Waals surface area contributed by atoms with Crippen molar-refractivity contribution in [3.63, 3.8) is 0 Å². The summed E-state index contributed by atoms with van der Waals surface area (Å²) in [5, 5.41) is 15.1. The van der Waals surface area contributed by atoms with Crippen molar-refractivity contribution in [1.82, 2.24) is 9.88 Å². The number of nitrogens with zero attached hydrogens (tertiary/aromatic N) is 1. The van der Waals surface area contributed by atoms with Crippen molar-refractivity contribution < 1.29 is 28.6 Å². The summed E-state index contributed by atoms with van der Waals surface area (Å²) in [5.41, 5.74) is 1.03. The molecule has 1 aromatic carbocycles. The van der Waals surface area contributed by atoms with Crippen LogP contribution in [0.4, 0.5) is 10.1 Å². The number of rotatable bonds is 6. The second-order valence-electron chi connectivity index (χ2n) is 8.29. The molecular formula is C23H28FN3O5. The summed E-state index contributed by atoms with van der Waals surface area (Å²) in [6.45, 7) is 5.19. The van der Waals surface area contributed by atoms with Gasteiger partial charge in [0.15, 0.2) is 0 Å². The average molecular weight is 445 g/mol. The van der Waals surface area contributed by atoms with E-state index in [9.17, 15) is 23.9 Å². The molecule has 0 radical (unpaired) electrons. The van der Waals surface area contributed by atoms with Gasteiger partial charge in [-0.1, -0.05) is 0 Å². The first-order valence-electron chi connectivity index (χ1n) is 10.4. The Hall–Kier alpha value is -3.04. The third-order valence-corrected chi connectivity index (χ3v) is 6.00. The van der Waals surface area contributed by atoms with Gasteiger partial charge in [-0.2, -0.15) is 0 Å². The number of aromatic nitrogens is 1. The number of aliphatic hydroxyl groups is 1. The quantitative estimate of drug-likeness (QED) is 0.466. The lowest BCUT2D eigenvalue weighted by Crippen LogP contribution is -2.58. The predicted molar refractivity (Wildman–Crippen MR) is 116 cm³/mol. The van der Waals surface area contributed by atoms with Gasteiger partial charge in [0.25, 0.3) is 17.6 Å². The number of carbonyl (C=O) groups is 3. The van der Waals surface area contributed by atoms with Crippen molar-refractivity contribution in [3.8, 4) is 0 Å². The van der Waals surface area contributed by atoms with Crippen molar-refractivity contribution in [1.29, 1.82) is 0 Å². The lowest BCUT2D eigenvalue weighted by atomic mass is 9.93. The number of aryl methyl sites for hydroxylation is 1. The van der Waals surface area contributed by atoms with E-state index < -0.39 is 23.1 Å². The third kappa shape index (κ3) is 4.44. The van der Waals surface area contributed by atoms with Crippen LogP contribution in [0.3, 0.4) is 0 Å². The number of benzene rings is 1. The van der Waals surface area contributed by atoms with Crippen molar-refractivity contribution >= 4 is 23.3 Å². The van der Waals surface area contributed by atoms with Crippen LogP contribution < -0.4 is 10.6 Å². The second-order valence-corrected chi connectivity index (χ2v) is 8.29. The molecule has 1 aromatic heterocycles. The Balaban J connectivity index is 1.86. The van der Waals surface area contributed by atoms with Crippen LogP contribution in [0.15, 0.2) is 18.2 Å². The lowest BCUT2D eigenvalue weighted by Gasteiger charge is -2.35. The number of ketones is 1. The van der Waals surface area contributed by atoms with E-state index in [0.717, 1.165) is 0 Å². The van der Waals surface area contributed by atoms with Gasteiger partial charge in [0.2, 0.25) is 0 Å². The van der Waals surface area contributed by atoms with Gasteiger partial charge in [-0.3, -0.25) is 14.4 Å². The van der Waals surface area contributed by atoms with Crippen LogP contribution >= 0.6 is 0 Å². The maximum Gasteiger partial charge on any atom is 0.294 e. The number of nitrogens with one attached hydrogen (secondary N) is 2. The molecule has 0 spiro atoms. The molecule has 0 aliphatic carbocycles. The molecule has 2 aromatic rings. The van der Waals surface area contributed by atoms with Crippen LogP contribution in [0.2, 0.25) is 0 Å². The summed E-state index contributed by atoms with van der Waals surface area (Å²) in [6.07, 6.45) is 1.16. The van der Waals surface area contributed by atoms with E-state index >= 15 is 0 Å². The van der Waals surface area contributed by atoms with E-state index in [2.05, 4.69) is 10.6 Å². The molecule has 1 atom stereocenters. The summed E-state index contributed by atoms with van der Waals surface area (Å²) in [5.74, 6) is -2.51. The van der Waals surface area contributed by atoms with Crippen molar-refractivity contribution in [2.45, 2.75) is 39.2 Å². The molecule has 32 heavy (non-hydrogen) atoms. The van der Waals surface area contributed by atoms with Gasteiger partial charge in [-0.25, -0.2) is 4.39 Å². The maximum atomic E-state index is 13.5. The van der Waals surface area contributed by atoms with E-state index in [-0.39, 0.29) is 30.3 Å². The fraction of sp³-hybridized carbons (Fsp3) is 0.435. The van der Waals surface area contributed by atoms with Crippen LogP contribution in [-0.4, -0.2) is 52.6 Å². The zero-order valence-electron chi connectivity index (χ0n) is 18.7. The van der Waals surface area contributed by atoms with Gasteiger partial charge in [-0.05, 0) is 62.9 Å². The van der Waals surface area contributed by atoms with Gasteiger partial charge < -0.3 is 25.0 Å². The molecule has 2 amide bonds. The minimum absolute atomic E-state index is 0.0882. The molecule has 3 rings (SSSR count). The largest absolute Gasteiger partial charge is 0.394 e. The highest BCUT2D eigenvalue weighted by atomic mass is 19.1. The Morgan fingerprint density at radius 2 is 1.97 bits per heavy atom. The standard InChI is InChI=1S/C23H28FN3O5/c1-13-10-16(6-7-17(13)24)25-21(30)18-14(2)19(27(4)15(18)3)20(29)22(31)26-23(11-28)8-5-9-32-12-23/h6-7,10,28H,5,8-9,11-12H2,1-4H3,(H,25,30)(H,26,31). The Morgan fingerprint density at radius 1 is 1.25 bits per heavy atom. The lowest BCUT2D eigenvalue weighted by molar-refractivity contribution is -0.122. The zero-order valence-corrected chi connectivity index (χ0v) is 18.7. The van der Waals surface area contributed by atoms with E-state index in [1.165, 1.54) is 22.8 Å². The highest BCUT2D eigenvalue weighted by Crippen LogP contribution is 2.25. The first kappa shape index (κ1) is 23.6. The predicted octanol–water partition coefficient (Wildman–Crippen LogP) is 2.18. The number of halogens is 1. The van der Waals surface area contributed by atoms with Gasteiger partial charge >= 0.3 is 0 Å². The first-order chi connectivity index (χ1) is 15.1. The van der Waals surface area contributed by atoms with E-state index in [1.807, 2.05) is 0 Å². The highest BCUT2D eigenvalue weighted by molar-refractivity contribution is 6.43. The third-order valence-electron chi connectivity index (χ3n) is 6.00. The summed E-state index contributed by atoms with van der Waals surface area (Å²) >= 11 is 0. The van der Waals surface area contributed by atoms with Gasteiger partial charge in [0.1, 0.15) is 5.82 Å². The Bertz CT molecular complexity index is 1070. The number of Topliss-reactive ketones (excluding diaryl/α,β-unsaturated/α-hetero) is 1. The number of aliphatic hydroxyl groups excluding tert-OH is 1. The van der Waals surface area contributed by atoms with Crippen LogP contribution in [0.1, 0.15) is 50.5 Å². The summed E-state index contributed by atoms with van der Waals surface area (Å²) in [6, 6.07) is 4.23. The zero-order chi connectivity index (χ0) is 23.6. The van der Waals surface area contributed by atoms with Gasteiger partial charge in [0, 0.05) is 25.0 Å². The average Bonchev–Trinajstić information content (AvgIpc) is 2.99. The molecule has 172 valence electrons. The summed E-state index contributed by atoms with van der Waals surface area (Å²) in [7, 11) is 1.60. The van der Waals surface area contributed by atoms with Crippen LogP contribution in [0, 0.1) is 26.6 Å². The molecule has 3 N–H and O–H groups in total. The summed E-state index contributed by atoms with van der Waals surface area (Å²) < 4.78 is 20.4. The number of amides is 2. The first-order valence-corrected chi connectivity index (χ1v) is 10.4. The van der Waals surface area contributed by atoms with Gasteiger partial charge in [0.05, 0.1) is 30.0 Å². The molecule has 0 bridgehead atoms. The van der Waals surface area contributed by atoms with Gasteiger partial charge in [-0.15, -0.1) is 0 Å². The fourth-order valence-corrected chi connectivity index (χ4v) is 4.07. The maximum absolute atomic E-state index is 13.5. The molecule has 0 saturated carbocycles. The SMILES string of the molecule is Cc1cc(NC(=O)c2c(C)c(C(=O)C(=O)NC3(CO)CCCOC3)n(C)c2C)ccc1F. The molecular weight excluding hydrogens is 417 g/mol. The van der Waals surface area contributed by atoms with Crippen molar-refractivity contribution in [2.24, 2.45) is 7.05 Å². The van der Waals surface area contributed by atoms with Crippen LogP contribution in [0.5, 0.6) is 0 Å². The Morgan fingerprint density at radius 3 is 2.56 bits per heavy atom. The Labute approximate surface area is 185 Å². The second kappa shape index (κ2) is 9.22. The fourth-order valence-electron chi connectivity index (χ4n) is 4.07. The van der Waals surface area contributed by atoms with E-state index in [0.29, 0.717) is 42.0 Å². The van der Waals surface area contributed by atoms with Crippen molar-refractivity contribution in [3.05, 3.63) is 52.1 Å². The van der Waals surface area contributed by atoms with Crippen LogP contribution in [-0.2, 0) is 16.6 Å². The number of hydrogen-bond acceptors (Lipinski definition) is 5. The normalized spacial score (nSPS) is 18.3. The molecule has 1 unspecified atom stereocenters. The number of anilines is 1. The smallest absolute Gasteiger partial charge is 0.294 e. The van der Waals surface area contributed by atoms with E-state index in [1.54, 1.807) is 27.8 Å². The molecule has 8 nitrogen and oxygen atoms in total. The molecule has 2 heterocycles. The molecule has 1 saturated heterocycles. The van der Waals surface area contributed by atoms with Crippen LogP contribution in [0.25, 0.3) is 0 Å². The number of carbonyl (C=O) groups excluding carboxylic acids is 3. The highest BCUT2D eigenvalue weighted by Gasteiger charge is 2.37. The Kier molecular flexibility index (Phi) is 6.80. The topological polar surface area (TPSA) is 110 Å². The van der Waals surface area contributed by atoms with Crippen molar-refractivity contribution in [2.75, 3.05) is 25.1 Å². The summed E-state index contributed by atoms with van der Waals surface area (Å²) in [4.78, 5) is 38.7. The number of ether oxygens (including phenoxy) is 1. The van der Waals surface area contributed by atoms with E-state index in [4.69, 9.17) is 4.74 Å². The molecule has 1 aliphatic heterocycles. The monoisotopic (exact) mass is 445 g/mol. The number of hydrogen-bond donors (Lipinski definition) is 3. The molecule has 9 heteroatoms. The molecule has 1 fully saturated rings. The minimum Gasteiger partial charge on any atom is -0.394 e. The minimum atomic E-state index is -1.00.